The molecule has 4 N–H and O–H groups in total. The zero-order chi connectivity index (χ0) is 16.1. The molecule has 0 aliphatic carbocycles. The summed E-state index contributed by atoms with van der Waals surface area (Å²) in [6, 6.07) is 15.8. The van der Waals surface area contributed by atoms with Gasteiger partial charge in [-0.05, 0) is 42.5 Å². The number of nitrogens with two attached hydrogens (primary N) is 1. The van der Waals surface area contributed by atoms with Crippen LogP contribution in [0, 0.1) is 0 Å². The topological polar surface area (TPSA) is 92.9 Å². The van der Waals surface area contributed by atoms with Crippen LogP contribution in [0.3, 0.4) is 0 Å². The molecule has 0 aliphatic rings. The van der Waals surface area contributed by atoms with Crippen molar-refractivity contribution in [1.82, 2.24) is 9.97 Å². The van der Waals surface area contributed by atoms with Gasteiger partial charge < -0.3 is 16.4 Å². The Hall–Kier alpha value is -3.41. The van der Waals surface area contributed by atoms with E-state index in [4.69, 9.17) is 5.73 Å². The van der Waals surface area contributed by atoms with Gasteiger partial charge in [-0.1, -0.05) is 12.1 Å². The van der Waals surface area contributed by atoms with Gasteiger partial charge >= 0.3 is 0 Å². The maximum atomic E-state index is 12.2. The van der Waals surface area contributed by atoms with Crippen molar-refractivity contribution < 1.29 is 4.79 Å². The summed E-state index contributed by atoms with van der Waals surface area (Å²) in [4.78, 5) is 20.5. The highest BCUT2D eigenvalue weighted by Crippen LogP contribution is 2.16. The molecule has 6 heteroatoms. The summed E-state index contributed by atoms with van der Waals surface area (Å²) < 4.78 is 0. The molecule has 6 nitrogen and oxygen atoms in total. The van der Waals surface area contributed by atoms with Crippen LogP contribution >= 0.6 is 0 Å². The maximum Gasteiger partial charge on any atom is 0.256 e. The average molecular weight is 305 g/mol. The fourth-order valence-corrected chi connectivity index (χ4v) is 2.03. The molecule has 0 saturated heterocycles. The molecule has 0 aliphatic heterocycles. The third-order valence-corrected chi connectivity index (χ3v) is 3.09. The number of nitrogens with one attached hydrogen (secondary N) is 2. The number of hydrogen-bond donors (Lipinski definition) is 3. The number of nitrogens with zero attached hydrogens (tertiary/aromatic N) is 2. The molecule has 0 saturated carbocycles. The molecule has 0 spiro atoms. The van der Waals surface area contributed by atoms with Crippen LogP contribution in [0.25, 0.3) is 0 Å². The molecule has 3 rings (SSSR count). The van der Waals surface area contributed by atoms with Crippen LogP contribution in [-0.4, -0.2) is 15.9 Å². The van der Waals surface area contributed by atoms with Crippen molar-refractivity contribution in [1.29, 1.82) is 0 Å². The van der Waals surface area contributed by atoms with Gasteiger partial charge in [0.1, 0.15) is 11.6 Å². The predicted molar refractivity (Wildman–Crippen MR) is 90.6 cm³/mol. The summed E-state index contributed by atoms with van der Waals surface area (Å²) in [7, 11) is 0. The van der Waals surface area contributed by atoms with Crippen LogP contribution in [0.5, 0.6) is 0 Å². The minimum absolute atomic E-state index is 0.258. The van der Waals surface area contributed by atoms with Crippen LogP contribution in [0.4, 0.5) is 23.0 Å². The summed E-state index contributed by atoms with van der Waals surface area (Å²) in [6.45, 7) is 0. The average Bonchev–Trinajstić information content (AvgIpc) is 2.56. The lowest BCUT2D eigenvalue weighted by Crippen LogP contribution is -2.13. The summed E-state index contributed by atoms with van der Waals surface area (Å²) in [5.41, 5.74) is 7.58. The second-order valence-corrected chi connectivity index (χ2v) is 4.85. The largest absolute Gasteiger partial charge is 0.399 e. The molecule has 2 aromatic heterocycles. The van der Waals surface area contributed by atoms with Crippen molar-refractivity contribution >= 4 is 28.9 Å². The number of nitrogen functional groups attached to an aromatic ring is 1. The predicted octanol–water partition coefficient (Wildman–Crippen LogP) is 3.05. The Morgan fingerprint density at radius 2 is 1.70 bits per heavy atom. The van der Waals surface area contributed by atoms with Gasteiger partial charge in [0.05, 0.1) is 0 Å². The Morgan fingerprint density at radius 1 is 0.957 bits per heavy atom. The Morgan fingerprint density at radius 3 is 2.48 bits per heavy atom. The zero-order valence-electron chi connectivity index (χ0n) is 12.2. The van der Waals surface area contributed by atoms with Crippen molar-refractivity contribution in [2.24, 2.45) is 0 Å². The van der Waals surface area contributed by atoms with E-state index in [2.05, 4.69) is 20.6 Å². The first-order chi connectivity index (χ1) is 11.2. The van der Waals surface area contributed by atoms with E-state index in [0.717, 1.165) is 5.69 Å². The number of anilines is 4. The maximum absolute atomic E-state index is 12.2. The zero-order valence-corrected chi connectivity index (χ0v) is 12.2. The van der Waals surface area contributed by atoms with Gasteiger partial charge in [-0.15, -0.1) is 0 Å². The normalized spacial score (nSPS) is 10.1. The summed E-state index contributed by atoms with van der Waals surface area (Å²) in [5, 5.41) is 5.90. The van der Waals surface area contributed by atoms with E-state index in [0.29, 0.717) is 22.9 Å². The second kappa shape index (κ2) is 6.57. The minimum Gasteiger partial charge on any atom is -0.399 e. The minimum atomic E-state index is -0.258. The van der Waals surface area contributed by atoms with Crippen molar-refractivity contribution in [3.8, 4) is 0 Å². The third kappa shape index (κ3) is 3.82. The lowest BCUT2D eigenvalue weighted by atomic mass is 10.2. The highest BCUT2D eigenvalue weighted by Gasteiger charge is 2.07. The summed E-state index contributed by atoms with van der Waals surface area (Å²) in [5.74, 6) is 0.823. The summed E-state index contributed by atoms with van der Waals surface area (Å²) >= 11 is 0. The number of benzene rings is 1. The van der Waals surface area contributed by atoms with Gasteiger partial charge in [-0.3, -0.25) is 9.78 Å². The fourth-order valence-electron chi connectivity index (χ4n) is 2.03. The smallest absolute Gasteiger partial charge is 0.256 e. The van der Waals surface area contributed by atoms with Crippen LogP contribution in [0.2, 0.25) is 0 Å². The number of aromatic nitrogens is 2. The lowest BCUT2D eigenvalue weighted by molar-refractivity contribution is 0.102. The monoisotopic (exact) mass is 305 g/mol. The van der Waals surface area contributed by atoms with E-state index in [9.17, 15) is 4.79 Å². The number of amides is 1. The first-order valence-corrected chi connectivity index (χ1v) is 7.02. The van der Waals surface area contributed by atoms with Crippen LogP contribution < -0.4 is 16.4 Å². The standard InChI is InChI=1S/C17H15N5O/c18-13-4-1-3-12(11-13)17(23)22-16-6-2-5-15(21-16)20-14-7-9-19-10-8-14/h1-11H,18H2,(H2,19,20,21,22,23). The quantitative estimate of drug-likeness (QED) is 0.644. The van der Waals surface area contributed by atoms with Crippen LogP contribution in [-0.2, 0) is 0 Å². The van der Waals surface area contributed by atoms with Crippen molar-refractivity contribution in [2.75, 3.05) is 16.4 Å². The molecular weight excluding hydrogens is 290 g/mol. The highest BCUT2D eigenvalue weighted by atomic mass is 16.1. The van der Waals surface area contributed by atoms with Gasteiger partial charge in [-0.25, -0.2) is 4.98 Å². The van der Waals surface area contributed by atoms with E-state index < -0.39 is 0 Å². The Bertz CT molecular complexity index is 820. The lowest BCUT2D eigenvalue weighted by Gasteiger charge is -2.08. The van der Waals surface area contributed by atoms with Gasteiger partial charge in [-0.2, -0.15) is 0 Å². The Labute approximate surface area is 133 Å². The molecule has 0 radical (unpaired) electrons. The van der Waals surface area contributed by atoms with E-state index in [-0.39, 0.29) is 5.91 Å². The SMILES string of the molecule is Nc1cccc(C(=O)Nc2cccc(Nc3ccncc3)n2)c1. The number of hydrogen-bond acceptors (Lipinski definition) is 5. The van der Waals surface area contributed by atoms with Crippen LogP contribution in [0.1, 0.15) is 10.4 Å². The van der Waals surface area contributed by atoms with Crippen LogP contribution in [0.15, 0.2) is 67.0 Å². The Kier molecular flexibility index (Phi) is 4.15. The molecule has 1 aromatic carbocycles. The third-order valence-electron chi connectivity index (χ3n) is 3.09. The summed E-state index contributed by atoms with van der Waals surface area (Å²) in [6.07, 6.45) is 3.38. The molecule has 0 bridgehead atoms. The number of rotatable bonds is 4. The molecule has 1 amide bonds. The van der Waals surface area contributed by atoms with Gasteiger partial charge in [0, 0.05) is 29.3 Å². The van der Waals surface area contributed by atoms with Gasteiger partial charge in [0.15, 0.2) is 0 Å². The molecule has 0 fully saturated rings. The van der Waals surface area contributed by atoms with Crippen molar-refractivity contribution in [3.63, 3.8) is 0 Å². The number of carbonyl (C=O) groups excluding carboxylic acids is 1. The molecule has 23 heavy (non-hydrogen) atoms. The Balaban J connectivity index is 1.74. The molecule has 114 valence electrons. The van der Waals surface area contributed by atoms with Gasteiger partial charge in [0.2, 0.25) is 0 Å². The molecule has 0 unspecified atom stereocenters. The second-order valence-electron chi connectivity index (χ2n) is 4.85. The van der Waals surface area contributed by atoms with E-state index >= 15 is 0 Å². The fraction of sp³-hybridized carbons (Fsp3) is 0. The molecule has 3 aromatic rings. The first kappa shape index (κ1) is 14.5. The highest BCUT2D eigenvalue weighted by molar-refractivity contribution is 6.04. The number of pyridine rings is 2. The molecular formula is C17H15N5O. The van der Waals surface area contributed by atoms with E-state index in [1.165, 1.54) is 0 Å². The molecule has 0 atom stereocenters. The van der Waals surface area contributed by atoms with Crippen molar-refractivity contribution in [2.45, 2.75) is 0 Å². The van der Waals surface area contributed by atoms with Crippen molar-refractivity contribution in [3.05, 3.63) is 72.6 Å². The number of carbonyl (C=O) groups is 1. The van der Waals surface area contributed by atoms with Gasteiger partial charge in [0.25, 0.3) is 5.91 Å². The molecule has 2 heterocycles. The van der Waals surface area contributed by atoms with E-state index in [1.807, 2.05) is 24.3 Å². The van der Waals surface area contributed by atoms with E-state index in [1.54, 1.807) is 42.7 Å². The first-order valence-electron chi connectivity index (χ1n) is 7.02.